The molecule has 0 atom stereocenters. The molecule has 0 fully saturated rings. The highest BCUT2D eigenvalue weighted by Gasteiger charge is 2.00. The summed E-state index contributed by atoms with van der Waals surface area (Å²) < 4.78 is 1.34. The highest BCUT2D eigenvalue weighted by atomic mass is 32.2. The quantitative estimate of drug-likeness (QED) is 0.678. The van der Waals surface area contributed by atoms with E-state index in [0.29, 0.717) is 0 Å². The molecule has 0 amide bonds. The molecule has 0 aliphatic heterocycles. The molecule has 1 N–H and O–H groups in total. The summed E-state index contributed by atoms with van der Waals surface area (Å²) >= 11 is 5.34. The van der Waals surface area contributed by atoms with E-state index in [1.807, 2.05) is 17.1 Å². The third-order valence-electron chi connectivity index (χ3n) is 1.82. The Bertz CT molecular complexity index is 488. The van der Waals surface area contributed by atoms with Crippen molar-refractivity contribution in [2.24, 2.45) is 0 Å². The summed E-state index contributed by atoms with van der Waals surface area (Å²) in [5.41, 5.74) is 1.00. The van der Waals surface area contributed by atoms with Crippen LogP contribution in [0.2, 0.25) is 0 Å². The Hall–Kier alpha value is -0.730. The van der Waals surface area contributed by atoms with E-state index in [4.69, 9.17) is 5.11 Å². The first-order valence-electron chi connectivity index (χ1n) is 4.72. The Morgan fingerprint density at radius 1 is 1.38 bits per heavy atom. The van der Waals surface area contributed by atoms with Gasteiger partial charge in [0.1, 0.15) is 6.61 Å². The van der Waals surface area contributed by atoms with Gasteiger partial charge in [-0.2, -0.15) is 0 Å². The smallest absolute Gasteiger partial charge is 0.104 e. The van der Waals surface area contributed by atoms with E-state index in [9.17, 15) is 0 Å². The Kier molecular flexibility index (Phi) is 4.49. The van der Waals surface area contributed by atoms with Crippen molar-refractivity contribution in [2.75, 3.05) is 6.61 Å². The zero-order chi connectivity index (χ0) is 11.2. The molecule has 2 aromatic rings. The zero-order valence-electron chi connectivity index (χ0n) is 8.47. The van der Waals surface area contributed by atoms with Crippen LogP contribution >= 0.6 is 34.4 Å². The van der Waals surface area contributed by atoms with Crippen molar-refractivity contribution in [2.45, 2.75) is 9.96 Å². The summed E-state index contributed by atoms with van der Waals surface area (Å²) in [6, 6.07) is 6.29. The minimum atomic E-state index is -0.0743. The maximum Gasteiger partial charge on any atom is 0.104 e. The van der Waals surface area contributed by atoms with Crippen molar-refractivity contribution in [3.8, 4) is 11.8 Å². The first kappa shape index (κ1) is 11.7. The molecule has 0 radical (unpaired) electrons. The maximum atomic E-state index is 8.59. The molecule has 1 nitrogen and oxygen atoms in total. The van der Waals surface area contributed by atoms with E-state index in [2.05, 4.69) is 35.4 Å². The fourth-order valence-electron chi connectivity index (χ4n) is 1.15. The van der Waals surface area contributed by atoms with Crippen LogP contribution < -0.4 is 0 Å². The molecule has 0 spiro atoms. The van der Waals surface area contributed by atoms with E-state index in [-0.39, 0.29) is 6.61 Å². The van der Waals surface area contributed by atoms with Crippen LogP contribution in [0.1, 0.15) is 10.4 Å². The molecular formula is C12H10OS3. The molecule has 4 heteroatoms. The highest BCUT2D eigenvalue weighted by molar-refractivity contribution is 8.00. The number of hydrogen-bond acceptors (Lipinski definition) is 4. The summed E-state index contributed by atoms with van der Waals surface area (Å²) in [6.45, 7) is -0.0743. The van der Waals surface area contributed by atoms with Gasteiger partial charge in [0.2, 0.25) is 0 Å². The van der Waals surface area contributed by atoms with Gasteiger partial charge >= 0.3 is 0 Å². The molecule has 16 heavy (non-hydrogen) atoms. The second kappa shape index (κ2) is 6.12. The van der Waals surface area contributed by atoms with Gasteiger partial charge in [-0.25, -0.2) is 0 Å². The van der Waals surface area contributed by atoms with Crippen molar-refractivity contribution < 1.29 is 5.11 Å². The van der Waals surface area contributed by atoms with Gasteiger partial charge in [0.25, 0.3) is 0 Å². The van der Waals surface area contributed by atoms with Gasteiger partial charge in [-0.15, -0.1) is 34.4 Å². The predicted molar refractivity (Wildman–Crippen MR) is 72.2 cm³/mol. The Morgan fingerprint density at radius 2 is 2.31 bits per heavy atom. The molecule has 0 unspecified atom stereocenters. The lowest BCUT2D eigenvalue weighted by atomic mass is 10.3. The molecule has 0 saturated carbocycles. The van der Waals surface area contributed by atoms with Crippen LogP contribution in [0.3, 0.4) is 0 Å². The molecule has 0 aliphatic carbocycles. The number of thioether (sulfide) groups is 1. The standard InChI is InChI=1S/C12H10OS3/c13-5-1-3-10-7-11(15-8-10)9-16-12-4-2-6-14-12/h2,4,6-8,13H,5,9H2. The number of hydrogen-bond donors (Lipinski definition) is 1. The van der Waals surface area contributed by atoms with Crippen LogP contribution in [0, 0.1) is 11.8 Å². The molecule has 2 aromatic heterocycles. The predicted octanol–water partition coefficient (Wildman–Crippen LogP) is 3.45. The average Bonchev–Trinajstić information content (AvgIpc) is 2.95. The molecule has 0 aliphatic rings. The van der Waals surface area contributed by atoms with Crippen LogP contribution in [0.15, 0.2) is 33.2 Å². The second-order valence-corrected chi connectivity index (χ2v) is 6.20. The number of aliphatic hydroxyl groups is 1. The summed E-state index contributed by atoms with van der Waals surface area (Å²) in [5.74, 6) is 6.56. The van der Waals surface area contributed by atoms with Gasteiger partial charge in [0.15, 0.2) is 0 Å². The highest BCUT2D eigenvalue weighted by Crippen LogP contribution is 2.29. The molecule has 0 bridgehead atoms. The summed E-state index contributed by atoms with van der Waals surface area (Å²) in [5, 5.41) is 12.7. The molecule has 0 aromatic carbocycles. The monoisotopic (exact) mass is 266 g/mol. The van der Waals surface area contributed by atoms with Gasteiger partial charge in [0.05, 0.1) is 4.21 Å². The number of aliphatic hydroxyl groups excluding tert-OH is 1. The molecule has 0 saturated heterocycles. The lowest BCUT2D eigenvalue weighted by molar-refractivity contribution is 0.350. The Labute approximate surface area is 107 Å². The van der Waals surface area contributed by atoms with Gasteiger partial charge in [-0.05, 0) is 17.5 Å². The fourth-order valence-corrected chi connectivity index (χ4v) is 3.81. The van der Waals surface area contributed by atoms with Crippen molar-refractivity contribution in [3.05, 3.63) is 39.4 Å². The number of thiophene rings is 2. The van der Waals surface area contributed by atoms with Crippen molar-refractivity contribution in [1.82, 2.24) is 0 Å². The minimum absolute atomic E-state index is 0.0743. The van der Waals surface area contributed by atoms with Crippen LogP contribution in [-0.4, -0.2) is 11.7 Å². The summed E-state index contributed by atoms with van der Waals surface area (Å²) in [7, 11) is 0. The van der Waals surface area contributed by atoms with E-state index in [1.54, 1.807) is 22.7 Å². The first-order chi connectivity index (χ1) is 7.88. The van der Waals surface area contributed by atoms with Crippen LogP contribution in [0.25, 0.3) is 0 Å². The average molecular weight is 266 g/mol. The minimum Gasteiger partial charge on any atom is -0.384 e. The van der Waals surface area contributed by atoms with E-state index in [0.717, 1.165) is 11.3 Å². The maximum absolute atomic E-state index is 8.59. The normalized spacial score (nSPS) is 9.81. The topological polar surface area (TPSA) is 20.2 Å². The molecule has 82 valence electrons. The second-order valence-electron chi connectivity index (χ2n) is 2.98. The SMILES string of the molecule is OCC#Cc1csc(CSc2cccs2)c1. The van der Waals surface area contributed by atoms with Crippen LogP contribution in [-0.2, 0) is 5.75 Å². The molecule has 2 heterocycles. The van der Waals surface area contributed by atoms with E-state index >= 15 is 0 Å². The van der Waals surface area contributed by atoms with Gasteiger partial charge < -0.3 is 5.11 Å². The van der Waals surface area contributed by atoms with Crippen LogP contribution in [0.5, 0.6) is 0 Å². The van der Waals surface area contributed by atoms with Crippen LogP contribution in [0.4, 0.5) is 0 Å². The largest absolute Gasteiger partial charge is 0.384 e. The van der Waals surface area contributed by atoms with Gasteiger partial charge in [-0.1, -0.05) is 17.9 Å². The Balaban J connectivity index is 1.93. The summed E-state index contributed by atoms with van der Waals surface area (Å²) in [4.78, 5) is 1.32. The third kappa shape index (κ3) is 3.39. The van der Waals surface area contributed by atoms with E-state index < -0.39 is 0 Å². The van der Waals surface area contributed by atoms with Crippen molar-refractivity contribution in [3.63, 3.8) is 0 Å². The lowest BCUT2D eigenvalue weighted by Crippen LogP contribution is -1.73. The van der Waals surface area contributed by atoms with Crippen molar-refractivity contribution >= 4 is 34.4 Å². The molecule has 2 rings (SSSR count). The first-order valence-corrected chi connectivity index (χ1v) is 7.46. The zero-order valence-corrected chi connectivity index (χ0v) is 10.9. The fraction of sp³-hybridized carbons (Fsp3) is 0.167. The van der Waals surface area contributed by atoms with Crippen molar-refractivity contribution in [1.29, 1.82) is 0 Å². The number of rotatable bonds is 3. The summed E-state index contributed by atoms with van der Waals surface area (Å²) in [6.07, 6.45) is 0. The Morgan fingerprint density at radius 3 is 3.06 bits per heavy atom. The van der Waals surface area contributed by atoms with Gasteiger partial charge in [-0.3, -0.25) is 0 Å². The molecular weight excluding hydrogens is 256 g/mol. The third-order valence-corrected chi connectivity index (χ3v) is 5.12. The van der Waals surface area contributed by atoms with Gasteiger partial charge in [0, 0.05) is 21.6 Å². The van der Waals surface area contributed by atoms with E-state index in [1.165, 1.54) is 9.09 Å². The lowest BCUT2D eigenvalue weighted by Gasteiger charge is -1.93.